The predicted molar refractivity (Wildman–Crippen MR) is 23.4 cm³/mol. The van der Waals surface area contributed by atoms with Crippen molar-refractivity contribution in [2.24, 2.45) is 4.99 Å². The predicted octanol–water partition coefficient (Wildman–Crippen LogP) is 0.204. The molecule has 1 nitrogen and oxygen atoms in total. The number of rotatable bonds is 0. The van der Waals surface area contributed by atoms with Gasteiger partial charge in [0.25, 0.3) is 0 Å². The second-order valence-electron chi connectivity index (χ2n) is 0.712. The van der Waals surface area contributed by atoms with Crippen molar-refractivity contribution in [3.05, 3.63) is 11.1 Å². The Bertz CT molecular complexity index is 65.0. The maximum absolute atomic E-state index is 3.82. The number of aliphatic imine (C=N–C) groups is 1. The third kappa shape index (κ3) is 0.623. The van der Waals surface area contributed by atoms with Crippen LogP contribution in [0.3, 0.4) is 0 Å². The van der Waals surface area contributed by atoms with Crippen LogP contribution in [0.4, 0.5) is 0 Å². The Morgan fingerprint density at radius 3 is 2.80 bits per heavy atom. The third-order valence-electron chi connectivity index (χ3n) is 0.372. The first-order valence-corrected chi connectivity index (χ1v) is 3.53. The summed E-state index contributed by atoms with van der Waals surface area (Å²) in [4.78, 5) is 5.93. The van der Waals surface area contributed by atoms with Crippen LogP contribution in [0, 0.1) is 0 Å². The van der Waals surface area contributed by atoms with Crippen LogP contribution >= 0.6 is 0 Å². The van der Waals surface area contributed by atoms with Gasteiger partial charge >= 0.3 is 36.8 Å². The van der Waals surface area contributed by atoms with Gasteiger partial charge in [-0.05, 0) is 0 Å². The quantitative estimate of drug-likeness (QED) is 0.413. The summed E-state index contributed by atoms with van der Waals surface area (Å²) < 4.78 is 0. The SMILES string of the molecule is C1=C[As]C=N1. The van der Waals surface area contributed by atoms with Crippen molar-refractivity contribution >= 4 is 20.8 Å². The summed E-state index contributed by atoms with van der Waals surface area (Å²) >= 11 is 0.382. The van der Waals surface area contributed by atoms with Gasteiger partial charge in [-0.2, -0.15) is 0 Å². The molecule has 0 aromatic carbocycles. The summed E-state index contributed by atoms with van der Waals surface area (Å²) in [5, 5.41) is 1.97. The fourth-order valence-electron chi connectivity index (χ4n) is 0.192. The van der Waals surface area contributed by atoms with E-state index in [9.17, 15) is 0 Å². The Balaban J connectivity index is 2.61. The van der Waals surface area contributed by atoms with E-state index in [0.29, 0.717) is 15.8 Å². The van der Waals surface area contributed by atoms with Gasteiger partial charge in [0.2, 0.25) is 0 Å². The number of hydrogen-bond donors (Lipinski definition) is 0. The molecule has 0 aromatic heterocycles. The van der Waals surface area contributed by atoms with Gasteiger partial charge in [0.05, 0.1) is 0 Å². The second kappa shape index (κ2) is 1.42. The summed E-state index contributed by atoms with van der Waals surface area (Å²) in [6.45, 7) is 0. The molecular weight excluding hydrogens is 125 g/mol. The van der Waals surface area contributed by atoms with E-state index >= 15 is 0 Å². The molecule has 1 heterocycles. The molecule has 25 valence electrons. The molecule has 0 saturated heterocycles. The normalized spacial score (nSPS) is 22.4. The topological polar surface area (TPSA) is 12.4 Å². The van der Waals surface area contributed by atoms with Gasteiger partial charge in [0, 0.05) is 0 Å². The molecule has 1 rings (SSSR count). The van der Waals surface area contributed by atoms with Crippen molar-refractivity contribution in [3.63, 3.8) is 0 Å². The molecule has 0 fully saturated rings. The fraction of sp³-hybridized carbons (Fsp3) is 0. The summed E-state index contributed by atoms with van der Waals surface area (Å²) in [6.07, 6.45) is 1.85. The maximum atomic E-state index is 3.82. The Labute approximate surface area is 37.5 Å². The van der Waals surface area contributed by atoms with Crippen LogP contribution in [0.15, 0.2) is 16.1 Å². The van der Waals surface area contributed by atoms with Gasteiger partial charge < -0.3 is 0 Å². The first-order valence-electron chi connectivity index (χ1n) is 1.37. The van der Waals surface area contributed by atoms with Crippen molar-refractivity contribution in [2.75, 3.05) is 0 Å². The Morgan fingerprint density at radius 1 is 1.60 bits per heavy atom. The molecule has 0 unspecified atom stereocenters. The van der Waals surface area contributed by atoms with Gasteiger partial charge in [-0.25, -0.2) is 0 Å². The first-order chi connectivity index (χ1) is 2.50. The van der Waals surface area contributed by atoms with E-state index in [1.807, 2.05) is 11.2 Å². The minimum atomic E-state index is 0.382. The van der Waals surface area contributed by atoms with Crippen LogP contribution in [-0.4, -0.2) is 20.8 Å². The molecule has 1 radical (unpaired) electrons. The van der Waals surface area contributed by atoms with Gasteiger partial charge in [-0.3, -0.25) is 0 Å². The number of nitrogens with zero attached hydrogens (tertiary/aromatic N) is 1. The molecule has 0 amide bonds. The van der Waals surface area contributed by atoms with E-state index in [4.69, 9.17) is 0 Å². The van der Waals surface area contributed by atoms with Crippen molar-refractivity contribution in [2.45, 2.75) is 0 Å². The molecule has 0 saturated carbocycles. The van der Waals surface area contributed by atoms with E-state index < -0.39 is 0 Å². The fourth-order valence-corrected chi connectivity index (χ4v) is 1.00. The zero-order valence-electron chi connectivity index (χ0n) is 2.63. The monoisotopic (exact) mass is 128 g/mol. The van der Waals surface area contributed by atoms with Crippen LogP contribution in [-0.2, 0) is 0 Å². The second-order valence-corrected chi connectivity index (χ2v) is 2.45. The standard InChI is InChI=1S/C3H3AsN/c1-2-5-3-4-1/h1-3H. The van der Waals surface area contributed by atoms with Crippen molar-refractivity contribution < 1.29 is 0 Å². The number of hydrogen-bond acceptors (Lipinski definition) is 1. The van der Waals surface area contributed by atoms with E-state index in [1.165, 1.54) is 0 Å². The molecule has 0 spiro atoms. The molecule has 0 bridgehead atoms. The van der Waals surface area contributed by atoms with Crippen LogP contribution < -0.4 is 0 Å². The molecule has 1 aliphatic rings. The van der Waals surface area contributed by atoms with Gasteiger partial charge in [-0.1, -0.05) is 0 Å². The third-order valence-corrected chi connectivity index (χ3v) is 1.57. The first kappa shape index (κ1) is 3.17. The molecule has 1 aliphatic heterocycles. The summed E-state index contributed by atoms with van der Waals surface area (Å²) in [5.41, 5.74) is 0. The van der Waals surface area contributed by atoms with E-state index in [2.05, 4.69) is 9.86 Å². The summed E-state index contributed by atoms with van der Waals surface area (Å²) in [5.74, 6) is 0. The van der Waals surface area contributed by atoms with E-state index in [1.54, 1.807) is 0 Å². The molecule has 0 N–H and O–H groups in total. The van der Waals surface area contributed by atoms with Crippen LogP contribution in [0.1, 0.15) is 0 Å². The molecule has 0 aromatic rings. The van der Waals surface area contributed by atoms with Crippen LogP contribution in [0.25, 0.3) is 0 Å². The summed E-state index contributed by atoms with van der Waals surface area (Å²) in [7, 11) is 0. The Kier molecular flexibility index (Phi) is 0.898. The van der Waals surface area contributed by atoms with E-state index in [-0.39, 0.29) is 0 Å². The van der Waals surface area contributed by atoms with Crippen LogP contribution in [0.2, 0.25) is 0 Å². The van der Waals surface area contributed by atoms with E-state index in [0.717, 1.165) is 0 Å². The van der Waals surface area contributed by atoms with Crippen molar-refractivity contribution in [1.82, 2.24) is 0 Å². The average molecular weight is 128 g/mol. The van der Waals surface area contributed by atoms with Gasteiger partial charge in [0.15, 0.2) is 0 Å². The Hall–Kier alpha value is -0.0316. The molecule has 0 aliphatic carbocycles. The zero-order chi connectivity index (χ0) is 3.54. The van der Waals surface area contributed by atoms with Crippen molar-refractivity contribution in [3.8, 4) is 0 Å². The minimum absolute atomic E-state index is 0.382. The molecule has 0 atom stereocenters. The molecule has 5 heavy (non-hydrogen) atoms. The molecular formula is C3H3AsN. The summed E-state index contributed by atoms with van der Waals surface area (Å²) in [6, 6.07) is 0. The van der Waals surface area contributed by atoms with Crippen molar-refractivity contribution in [1.29, 1.82) is 0 Å². The average Bonchev–Trinajstić information content (AvgIpc) is 1.76. The van der Waals surface area contributed by atoms with Gasteiger partial charge in [-0.15, -0.1) is 0 Å². The molecule has 2 heteroatoms. The van der Waals surface area contributed by atoms with Gasteiger partial charge in [0.1, 0.15) is 0 Å². The Morgan fingerprint density at radius 2 is 2.60 bits per heavy atom. The van der Waals surface area contributed by atoms with Crippen LogP contribution in [0.5, 0.6) is 0 Å². The zero-order valence-corrected chi connectivity index (χ0v) is 4.50.